The van der Waals surface area contributed by atoms with Crippen molar-refractivity contribution in [2.45, 2.75) is 0 Å². The zero-order valence-electron chi connectivity index (χ0n) is 11.3. The number of hydrogen-bond donors (Lipinski definition) is 2. The molecule has 7 heteroatoms. The molecule has 1 rings (SSSR count). The highest BCUT2D eigenvalue weighted by atomic mass is 16.5. The van der Waals surface area contributed by atoms with Gasteiger partial charge in [0.1, 0.15) is 5.69 Å². The lowest BCUT2D eigenvalue weighted by atomic mass is 10.3. The number of nitrogens with zero attached hydrogens (tertiary/aromatic N) is 2. The summed E-state index contributed by atoms with van der Waals surface area (Å²) in [6.45, 7) is 1.93. The van der Waals surface area contributed by atoms with Crippen molar-refractivity contribution in [1.82, 2.24) is 9.88 Å². The van der Waals surface area contributed by atoms with E-state index in [2.05, 4.69) is 10.4 Å². The first-order chi connectivity index (χ1) is 9.22. The Kier molecular flexibility index (Phi) is 6.80. The molecule has 3 N–H and O–H groups in total. The summed E-state index contributed by atoms with van der Waals surface area (Å²) >= 11 is 0. The summed E-state index contributed by atoms with van der Waals surface area (Å²) in [7, 11) is 3.19. The molecule has 0 aromatic carbocycles. The minimum Gasteiger partial charge on any atom is -0.383 e. The summed E-state index contributed by atoms with van der Waals surface area (Å²) in [6.07, 6.45) is 1.51. The minimum absolute atomic E-state index is 0.155. The number of hydrogen-bond acceptors (Lipinski definition) is 6. The normalized spacial score (nSPS) is 10.3. The molecule has 0 saturated carbocycles. The summed E-state index contributed by atoms with van der Waals surface area (Å²) in [5.74, 6) is 5.09. The number of nitrogens with two attached hydrogens (primary N) is 1. The van der Waals surface area contributed by atoms with Crippen molar-refractivity contribution < 1.29 is 14.3 Å². The van der Waals surface area contributed by atoms with Crippen LogP contribution in [-0.4, -0.2) is 56.3 Å². The number of pyridine rings is 1. The van der Waals surface area contributed by atoms with E-state index in [9.17, 15) is 4.79 Å². The number of aromatic nitrogens is 1. The molecule has 7 nitrogen and oxygen atoms in total. The lowest BCUT2D eigenvalue weighted by Crippen LogP contribution is -2.36. The highest BCUT2D eigenvalue weighted by Crippen LogP contribution is 2.07. The smallest absolute Gasteiger partial charge is 0.272 e. The van der Waals surface area contributed by atoms with Gasteiger partial charge in [-0.3, -0.25) is 10.6 Å². The molecule has 1 aromatic heterocycles. The zero-order chi connectivity index (χ0) is 14.1. The van der Waals surface area contributed by atoms with E-state index in [1.807, 2.05) is 0 Å². The van der Waals surface area contributed by atoms with Crippen LogP contribution in [0.3, 0.4) is 0 Å². The molecule has 0 unspecified atom stereocenters. The predicted octanol–water partition coefficient (Wildman–Crippen LogP) is 0.102. The minimum atomic E-state index is -0.155. The number of ether oxygens (including phenoxy) is 2. The Balaban J connectivity index is 2.72. The van der Waals surface area contributed by atoms with Crippen molar-refractivity contribution in [3.05, 3.63) is 24.0 Å². The highest BCUT2D eigenvalue weighted by Gasteiger charge is 2.16. The molecule has 0 aliphatic heterocycles. The van der Waals surface area contributed by atoms with Crippen LogP contribution in [0.4, 0.5) is 5.69 Å². The van der Waals surface area contributed by atoms with E-state index in [0.717, 1.165) is 0 Å². The first kappa shape index (κ1) is 15.4. The van der Waals surface area contributed by atoms with Gasteiger partial charge in [-0.25, -0.2) is 4.98 Å². The molecule has 1 heterocycles. The fraction of sp³-hybridized carbons (Fsp3) is 0.500. The zero-order valence-corrected chi connectivity index (χ0v) is 11.3. The van der Waals surface area contributed by atoms with E-state index in [-0.39, 0.29) is 5.91 Å². The molecule has 0 atom stereocenters. The van der Waals surface area contributed by atoms with E-state index in [1.165, 1.54) is 6.20 Å². The number of amides is 1. The molecule has 0 bridgehead atoms. The largest absolute Gasteiger partial charge is 0.383 e. The number of carbonyl (C=O) groups excluding carboxylic acids is 1. The van der Waals surface area contributed by atoms with Crippen LogP contribution in [-0.2, 0) is 9.47 Å². The molecule has 1 aromatic rings. The Morgan fingerprint density at radius 2 is 1.95 bits per heavy atom. The third-order valence-corrected chi connectivity index (χ3v) is 2.57. The van der Waals surface area contributed by atoms with E-state index in [1.54, 1.807) is 31.3 Å². The molecular formula is C12H20N4O3. The van der Waals surface area contributed by atoms with Crippen molar-refractivity contribution in [3.8, 4) is 0 Å². The van der Waals surface area contributed by atoms with Crippen LogP contribution in [0.1, 0.15) is 10.5 Å². The quantitative estimate of drug-likeness (QED) is 0.513. The van der Waals surface area contributed by atoms with E-state index in [4.69, 9.17) is 15.3 Å². The first-order valence-corrected chi connectivity index (χ1v) is 5.92. The van der Waals surface area contributed by atoms with Gasteiger partial charge >= 0.3 is 0 Å². The van der Waals surface area contributed by atoms with Gasteiger partial charge in [-0.15, -0.1) is 0 Å². The average Bonchev–Trinajstić information content (AvgIpc) is 2.47. The molecule has 0 radical (unpaired) electrons. The Hall–Kier alpha value is -1.70. The Bertz CT molecular complexity index is 375. The Labute approximate surface area is 112 Å². The fourth-order valence-electron chi connectivity index (χ4n) is 1.49. The molecular weight excluding hydrogens is 248 g/mol. The van der Waals surface area contributed by atoms with Gasteiger partial charge < -0.3 is 19.8 Å². The van der Waals surface area contributed by atoms with Crippen LogP contribution in [0.5, 0.6) is 0 Å². The van der Waals surface area contributed by atoms with Gasteiger partial charge in [0, 0.05) is 27.3 Å². The molecule has 106 valence electrons. The summed E-state index contributed by atoms with van der Waals surface area (Å²) in [4.78, 5) is 18.0. The monoisotopic (exact) mass is 268 g/mol. The molecule has 0 fully saturated rings. The third kappa shape index (κ3) is 4.82. The molecule has 0 aliphatic rings. The molecule has 1 amide bonds. The molecule has 19 heavy (non-hydrogen) atoms. The highest BCUT2D eigenvalue weighted by molar-refractivity contribution is 5.92. The summed E-state index contributed by atoms with van der Waals surface area (Å²) < 4.78 is 9.99. The second kappa shape index (κ2) is 8.41. The van der Waals surface area contributed by atoms with E-state index < -0.39 is 0 Å². The molecule has 0 aliphatic carbocycles. The molecule has 0 spiro atoms. The maximum atomic E-state index is 12.3. The summed E-state index contributed by atoms with van der Waals surface area (Å²) in [5.41, 5.74) is 3.48. The van der Waals surface area contributed by atoms with Crippen molar-refractivity contribution in [3.63, 3.8) is 0 Å². The van der Waals surface area contributed by atoms with Crippen LogP contribution in [0.2, 0.25) is 0 Å². The number of anilines is 1. The van der Waals surface area contributed by atoms with Gasteiger partial charge in [-0.2, -0.15) is 0 Å². The van der Waals surface area contributed by atoms with Crippen LogP contribution in [0.15, 0.2) is 18.3 Å². The van der Waals surface area contributed by atoms with Crippen molar-refractivity contribution in [2.24, 2.45) is 5.84 Å². The van der Waals surface area contributed by atoms with Crippen molar-refractivity contribution >= 4 is 11.6 Å². The maximum Gasteiger partial charge on any atom is 0.272 e. The van der Waals surface area contributed by atoms with Crippen molar-refractivity contribution in [2.75, 3.05) is 45.9 Å². The van der Waals surface area contributed by atoms with Gasteiger partial charge in [0.15, 0.2) is 0 Å². The van der Waals surface area contributed by atoms with Crippen LogP contribution >= 0.6 is 0 Å². The fourth-order valence-corrected chi connectivity index (χ4v) is 1.49. The van der Waals surface area contributed by atoms with Crippen molar-refractivity contribution in [1.29, 1.82) is 0 Å². The molecule has 0 saturated heterocycles. The van der Waals surface area contributed by atoms with Gasteiger partial charge in [0.05, 0.1) is 25.1 Å². The van der Waals surface area contributed by atoms with E-state index in [0.29, 0.717) is 37.7 Å². The average molecular weight is 268 g/mol. The Morgan fingerprint density at radius 3 is 2.37 bits per heavy atom. The number of nitrogen functional groups attached to an aromatic ring is 1. The SMILES string of the molecule is COCCN(CCOC)C(=O)c1ccc(NN)cn1. The number of carbonyl (C=O) groups is 1. The lowest BCUT2D eigenvalue weighted by molar-refractivity contribution is 0.0622. The van der Waals surface area contributed by atoms with Gasteiger partial charge in [0.25, 0.3) is 5.91 Å². The van der Waals surface area contributed by atoms with Crippen LogP contribution in [0, 0.1) is 0 Å². The number of nitrogens with one attached hydrogen (secondary N) is 1. The summed E-state index contributed by atoms with van der Waals surface area (Å²) in [5, 5.41) is 0. The third-order valence-electron chi connectivity index (χ3n) is 2.57. The maximum absolute atomic E-state index is 12.3. The van der Waals surface area contributed by atoms with Crippen LogP contribution in [0.25, 0.3) is 0 Å². The number of methoxy groups -OCH3 is 2. The van der Waals surface area contributed by atoms with Gasteiger partial charge in [0.2, 0.25) is 0 Å². The topological polar surface area (TPSA) is 89.7 Å². The predicted molar refractivity (Wildman–Crippen MR) is 71.7 cm³/mol. The lowest BCUT2D eigenvalue weighted by Gasteiger charge is -2.21. The standard InChI is InChI=1S/C12H20N4O3/c1-18-7-5-16(6-8-19-2)12(17)11-4-3-10(15-13)9-14-11/h3-4,9,15H,5-8,13H2,1-2H3. The number of hydrazine groups is 1. The first-order valence-electron chi connectivity index (χ1n) is 5.92. The summed E-state index contributed by atoms with van der Waals surface area (Å²) in [6, 6.07) is 3.33. The van der Waals surface area contributed by atoms with E-state index >= 15 is 0 Å². The second-order valence-corrected chi connectivity index (χ2v) is 3.85. The van der Waals surface area contributed by atoms with Crippen LogP contribution < -0.4 is 11.3 Å². The number of rotatable bonds is 8. The Morgan fingerprint density at radius 1 is 1.32 bits per heavy atom. The second-order valence-electron chi connectivity index (χ2n) is 3.85. The van der Waals surface area contributed by atoms with Gasteiger partial charge in [-0.1, -0.05) is 0 Å². The van der Waals surface area contributed by atoms with Gasteiger partial charge in [-0.05, 0) is 12.1 Å².